The fourth-order valence-corrected chi connectivity index (χ4v) is 2.84. The molecule has 0 fully saturated rings. The molecule has 0 saturated carbocycles. The van der Waals surface area contributed by atoms with E-state index < -0.39 is 7.80 Å². The molecule has 0 aliphatic carbocycles. The van der Waals surface area contributed by atoms with Crippen LogP contribution < -0.4 is 10.6 Å². The molecule has 0 aliphatic rings. The zero-order chi connectivity index (χ0) is 14.0. The van der Waals surface area contributed by atoms with E-state index >= 15 is 0 Å². The van der Waals surface area contributed by atoms with Gasteiger partial charge in [-0.2, -0.15) is 0 Å². The Balaban J connectivity index is 0.000000205. The Morgan fingerprint density at radius 3 is 1.00 bits per heavy atom. The highest BCUT2D eigenvalue weighted by Crippen LogP contribution is 2.18. The van der Waals surface area contributed by atoms with Crippen molar-refractivity contribution in [2.24, 2.45) is 0 Å². The van der Waals surface area contributed by atoms with E-state index in [1.165, 1.54) is 0 Å². The molecule has 0 heterocycles. The highest BCUT2D eigenvalue weighted by molar-refractivity contribution is 7.61. The van der Waals surface area contributed by atoms with E-state index in [0.717, 1.165) is 10.6 Å². The first-order valence-corrected chi connectivity index (χ1v) is 7.71. The lowest BCUT2D eigenvalue weighted by atomic mass is 10.4. The van der Waals surface area contributed by atoms with Gasteiger partial charge >= 0.3 is 7.80 Å². The third-order valence-electron chi connectivity index (χ3n) is 2.65. The molecule has 0 N–H and O–H groups in total. The van der Waals surface area contributed by atoms with Crippen molar-refractivity contribution in [2.45, 2.75) is 0 Å². The molecule has 3 aromatic rings. The van der Waals surface area contributed by atoms with Crippen LogP contribution in [0, 0.1) is 0 Å². The van der Waals surface area contributed by atoms with Gasteiger partial charge in [-0.05, 0) is 24.3 Å². The molecule has 2 heteroatoms. The first kappa shape index (κ1) is 14.2. The van der Waals surface area contributed by atoms with Gasteiger partial charge in [0, 0.05) is 0 Å². The quantitative estimate of drug-likeness (QED) is 0.644. The molecule has 0 aliphatic heterocycles. The fourth-order valence-electron chi connectivity index (χ4n) is 1.66. The second kappa shape index (κ2) is 8.04. The van der Waals surface area contributed by atoms with Crippen LogP contribution in [-0.4, -0.2) is 0 Å². The summed E-state index contributed by atoms with van der Waals surface area (Å²) < 4.78 is 12.0. The van der Waals surface area contributed by atoms with Gasteiger partial charge in [-0.1, -0.05) is 77.4 Å². The fraction of sp³-hybridized carbons (Fsp3) is 0. The zero-order valence-corrected chi connectivity index (χ0v) is 12.0. The van der Waals surface area contributed by atoms with Crippen LogP contribution in [0.2, 0.25) is 0 Å². The first-order chi connectivity index (χ1) is 9.88. The summed E-state index contributed by atoms with van der Waals surface area (Å²) in [6, 6.07) is 31.1. The molecule has 0 bridgehead atoms. The minimum atomic E-state index is -1.42. The van der Waals surface area contributed by atoms with E-state index in [2.05, 4.69) is 0 Å². The van der Waals surface area contributed by atoms with Gasteiger partial charge < -0.3 is 0 Å². The van der Waals surface area contributed by atoms with Crippen LogP contribution in [0.3, 0.4) is 0 Å². The maximum absolute atomic E-state index is 12.0. The van der Waals surface area contributed by atoms with Crippen molar-refractivity contribution in [1.82, 2.24) is 0 Å². The van der Waals surface area contributed by atoms with E-state index in [1.54, 1.807) is 0 Å². The number of hydrogen-bond donors (Lipinski definition) is 0. The lowest BCUT2D eigenvalue weighted by Gasteiger charge is -1.87. The van der Waals surface area contributed by atoms with E-state index in [1.807, 2.05) is 97.1 Å². The van der Waals surface area contributed by atoms with Crippen LogP contribution in [0.15, 0.2) is 97.1 Å². The van der Waals surface area contributed by atoms with Gasteiger partial charge in [0.05, 0.1) is 0 Å². The highest BCUT2D eigenvalue weighted by atomic mass is 31.1. The van der Waals surface area contributed by atoms with Gasteiger partial charge in [0.15, 0.2) is 10.6 Å². The monoisotopic (exact) mass is 279 g/mol. The van der Waals surface area contributed by atoms with E-state index in [9.17, 15) is 4.57 Å². The van der Waals surface area contributed by atoms with E-state index in [-0.39, 0.29) is 0 Å². The number of rotatable bonds is 2. The van der Waals surface area contributed by atoms with Crippen molar-refractivity contribution in [1.29, 1.82) is 0 Å². The predicted octanol–water partition coefficient (Wildman–Crippen LogP) is 4.15. The van der Waals surface area contributed by atoms with Crippen molar-refractivity contribution in [3.8, 4) is 0 Å². The molecule has 0 unspecified atom stereocenters. The molecule has 0 atom stereocenters. The largest absolute Gasteiger partial charge is 0.415 e. The molecule has 1 nitrogen and oxygen atoms in total. The Hall–Kier alpha value is -2.24. The Bertz CT molecular complexity index is 553. The first-order valence-electron chi connectivity index (χ1n) is 6.45. The molecular weight excluding hydrogens is 263 g/mol. The molecule has 0 amide bonds. The van der Waals surface area contributed by atoms with Crippen molar-refractivity contribution in [3.05, 3.63) is 97.1 Å². The summed E-state index contributed by atoms with van der Waals surface area (Å²) in [5.74, 6) is 0. The summed E-state index contributed by atoms with van der Waals surface area (Å²) in [5, 5.41) is 1.77. The molecule has 98 valence electrons. The summed E-state index contributed by atoms with van der Waals surface area (Å²) in [6.07, 6.45) is 0. The Morgan fingerprint density at radius 2 is 0.700 bits per heavy atom. The van der Waals surface area contributed by atoms with E-state index in [0.29, 0.717) is 0 Å². The SMILES string of the molecule is O=[P+](c1ccccc1)c1ccccc1.c1ccccc1. The normalized spacial score (nSPS) is 9.20. The number of hydrogen-bond acceptors (Lipinski definition) is 1. The third kappa shape index (κ3) is 4.46. The molecule has 0 radical (unpaired) electrons. The molecule has 3 aromatic carbocycles. The summed E-state index contributed by atoms with van der Waals surface area (Å²) in [6.45, 7) is 0. The average Bonchev–Trinajstić information content (AvgIpc) is 2.58. The summed E-state index contributed by atoms with van der Waals surface area (Å²) in [5.41, 5.74) is 0. The average molecular weight is 279 g/mol. The lowest BCUT2D eigenvalue weighted by molar-refractivity contribution is 0.598. The molecular formula is C18H16OP+. The molecule has 0 spiro atoms. The van der Waals surface area contributed by atoms with Crippen LogP contribution in [0.5, 0.6) is 0 Å². The lowest BCUT2D eigenvalue weighted by Crippen LogP contribution is -2.04. The van der Waals surface area contributed by atoms with Crippen LogP contribution in [0.4, 0.5) is 0 Å². The minimum absolute atomic E-state index is 0.883. The highest BCUT2D eigenvalue weighted by Gasteiger charge is 2.21. The molecule has 3 rings (SSSR count). The van der Waals surface area contributed by atoms with Gasteiger partial charge in [-0.25, -0.2) is 0 Å². The van der Waals surface area contributed by atoms with Gasteiger partial charge in [0.2, 0.25) is 0 Å². The Labute approximate surface area is 120 Å². The second-order valence-corrected chi connectivity index (χ2v) is 5.74. The van der Waals surface area contributed by atoms with Crippen LogP contribution in [-0.2, 0) is 4.57 Å². The Morgan fingerprint density at radius 1 is 0.450 bits per heavy atom. The molecule has 0 saturated heterocycles. The second-order valence-electron chi connectivity index (χ2n) is 4.12. The zero-order valence-electron chi connectivity index (χ0n) is 11.1. The molecule has 20 heavy (non-hydrogen) atoms. The smallest absolute Gasteiger partial charge is 0.0623 e. The van der Waals surface area contributed by atoms with Gasteiger partial charge in [0.25, 0.3) is 0 Å². The van der Waals surface area contributed by atoms with Gasteiger partial charge in [0.1, 0.15) is 0 Å². The Kier molecular flexibility index (Phi) is 5.70. The van der Waals surface area contributed by atoms with Crippen molar-refractivity contribution in [2.75, 3.05) is 0 Å². The maximum atomic E-state index is 12.0. The van der Waals surface area contributed by atoms with Crippen molar-refractivity contribution < 1.29 is 4.57 Å². The van der Waals surface area contributed by atoms with E-state index in [4.69, 9.17) is 0 Å². The summed E-state index contributed by atoms with van der Waals surface area (Å²) in [7, 11) is -1.42. The minimum Gasteiger partial charge on any atom is -0.0623 e. The van der Waals surface area contributed by atoms with Crippen LogP contribution >= 0.6 is 7.80 Å². The number of benzene rings is 3. The van der Waals surface area contributed by atoms with Crippen LogP contribution in [0.25, 0.3) is 0 Å². The van der Waals surface area contributed by atoms with Gasteiger partial charge in [-0.15, -0.1) is 0 Å². The summed E-state index contributed by atoms with van der Waals surface area (Å²) in [4.78, 5) is 0. The van der Waals surface area contributed by atoms with Crippen LogP contribution in [0.1, 0.15) is 0 Å². The standard InChI is InChI=1S/C12H10OP.C6H6/c13-14(11-7-3-1-4-8-11)12-9-5-2-6-10-12;1-2-4-6-5-3-1/h1-10H;1-6H/q+1;. The third-order valence-corrected chi connectivity index (χ3v) is 4.18. The molecule has 0 aromatic heterocycles. The predicted molar refractivity (Wildman–Crippen MR) is 86.2 cm³/mol. The summed E-state index contributed by atoms with van der Waals surface area (Å²) >= 11 is 0. The maximum Gasteiger partial charge on any atom is 0.415 e. The van der Waals surface area contributed by atoms with Crippen molar-refractivity contribution in [3.63, 3.8) is 0 Å². The topological polar surface area (TPSA) is 17.1 Å². The van der Waals surface area contributed by atoms with Crippen molar-refractivity contribution >= 4 is 18.4 Å². The van der Waals surface area contributed by atoms with Gasteiger partial charge in [-0.3, -0.25) is 0 Å².